The van der Waals surface area contributed by atoms with Crippen LogP contribution in [-0.4, -0.2) is 33.2 Å². The van der Waals surface area contributed by atoms with Gasteiger partial charge in [0.1, 0.15) is 10.7 Å². The van der Waals surface area contributed by atoms with Crippen molar-refractivity contribution in [3.8, 4) is 0 Å². The quantitative estimate of drug-likeness (QED) is 0.385. The topological polar surface area (TPSA) is 87.7 Å². The zero-order valence-electron chi connectivity index (χ0n) is 17.6. The molecule has 0 saturated heterocycles. The van der Waals surface area contributed by atoms with E-state index in [-0.39, 0.29) is 11.5 Å². The number of aryl methyl sites for hydroxylation is 2. The fraction of sp³-hybridized carbons (Fsp3) is 0.333. The molecule has 0 fully saturated rings. The van der Waals surface area contributed by atoms with Crippen LogP contribution in [-0.2, 0) is 29.8 Å². The summed E-state index contributed by atoms with van der Waals surface area (Å²) in [5.41, 5.74) is 3.32. The number of pyridine rings is 1. The van der Waals surface area contributed by atoms with Gasteiger partial charge in [-0.3, -0.25) is 14.6 Å². The Bertz CT molecular complexity index is 1340. The van der Waals surface area contributed by atoms with Crippen LogP contribution >= 0.6 is 23.1 Å². The molecule has 3 aromatic heterocycles. The molecule has 0 spiro atoms. The third kappa shape index (κ3) is 4.42. The molecular formula is C24H24N4O2S2. The normalized spacial score (nSPS) is 13.0. The molecule has 1 amide bonds. The summed E-state index contributed by atoms with van der Waals surface area (Å²) in [4.78, 5) is 38.9. The number of hydrogen-bond acceptors (Lipinski definition) is 6. The van der Waals surface area contributed by atoms with Crippen molar-refractivity contribution >= 4 is 50.1 Å². The Morgan fingerprint density at radius 2 is 2.12 bits per heavy atom. The van der Waals surface area contributed by atoms with Crippen molar-refractivity contribution in [3.63, 3.8) is 0 Å². The molecule has 32 heavy (non-hydrogen) atoms. The molecule has 0 unspecified atom stereocenters. The lowest BCUT2D eigenvalue weighted by Gasteiger charge is -2.07. The van der Waals surface area contributed by atoms with Crippen LogP contribution < -0.4 is 10.9 Å². The summed E-state index contributed by atoms with van der Waals surface area (Å²) >= 11 is 3.27. The standard InChI is InChI=1S/C24H24N4O2S2/c29-20(25-12-9-16-5-1-4-15-6-3-11-26-22(15)16)10-13-31-14-19-27-23(30)21-17-7-2-8-18(17)32-24(21)28-19/h1,3-6,11H,2,7-10,12-14H2,(H,25,29)(H,27,28,30). The Morgan fingerprint density at radius 1 is 1.22 bits per heavy atom. The van der Waals surface area contributed by atoms with E-state index in [0.717, 1.165) is 52.4 Å². The maximum absolute atomic E-state index is 12.5. The van der Waals surface area contributed by atoms with Gasteiger partial charge in [-0.25, -0.2) is 4.98 Å². The molecule has 0 atom stereocenters. The number of hydrogen-bond donors (Lipinski definition) is 2. The number of thiophene rings is 1. The predicted molar refractivity (Wildman–Crippen MR) is 132 cm³/mol. The lowest BCUT2D eigenvalue weighted by molar-refractivity contribution is -0.120. The summed E-state index contributed by atoms with van der Waals surface area (Å²) in [5.74, 6) is 2.01. The number of nitrogens with zero attached hydrogens (tertiary/aromatic N) is 2. The van der Waals surface area contributed by atoms with Crippen LogP contribution in [0.2, 0.25) is 0 Å². The van der Waals surface area contributed by atoms with Crippen LogP contribution in [0.25, 0.3) is 21.1 Å². The van der Waals surface area contributed by atoms with Crippen LogP contribution in [0.5, 0.6) is 0 Å². The van der Waals surface area contributed by atoms with Gasteiger partial charge < -0.3 is 10.3 Å². The van der Waals surface area contributed by atoms with E-state index < -0.39 is 0 Å². The van der Waals surface area contributed by atoms with Crippen molar-refractivity contribution in [2.24, 2.45) is 0 Å². The first-order valence-corrected chi connectivity index (χ1v) is 12.9. The highest BCUT2D eigenvalue weighted by molar-refractivity contribution is 7.98. The summed E-state index contributed by atoms with van der Waals surface area (Å²) in [6.07, 6.45) is 6.18. The molecule has 3 heterocycles. The van der Waals surface area contributed by atoms with Crippen molar-refractivity contribution in [1.29, 1.82) is 0 Å². The molecule has 1 aliphatic carbocycles. The molecule has 1 aromatic carbocycles. The zero-order chi connectivity index (χ0) is 21.9. The molecule has 6 nitrogen and oxygen atoms in total. The minimum atomic E-state index is -0.0225. The summed E-state index contributed by atoms with van der Waals surface area (Å²) in [6.45, 7) is 0.591. The number of thioether (sulfide) groups is 1. The van der Waals surface area contributed by atoms with Crippen LogP contribution in [0.4, 0.5) is 0 Å². The maximum atomic E-state index is 12.5. The molecule has 8 heteroatoms. The second-order valence-electron chi connectivity index (χ2n) is 7.94. The third-order valence-electron chi connectivity index (χ3n) is 5.77. The molecule has 5 rings (SSSR count). The number of H-pyrrole nitrogens is 1. The Hall–Kier alpha value is -2.71. The number of carbonyl (C=O) groups excluding carboxylic acids is 1. The van der Waals surface area contributed by atoms with Crippen LogP contribution in [0.15, 0.2) is 41.3 Å². The smallest absolute Gasteiger partial charge is 0.259 e. The van der Waals surface area contributed by atoms with Gasteiger partial charge in [-0.1, -0.05) is 24.3 Å². The number of carbonyl (C=O) groups is 1. The summed E-state index contributed by atoms with van der Waals surface area (Å²) in [5, 5.41) is 4.90. The van der Waals surface area contributed by atoms with Crippen molar-refractivity contribution in [3.05, 3.63) is 68.7 Å². The highest BCUT2D eigenvalue weighted by Gasteiger charge is 2.21. The Morgan fingerprint density at radius 3 is 3.06 bits per heavy atom. The fourth-order valence-corrected chi connectivity index (χ4v) is 6.33. The Balaban J connectivity index is 1.08. The van der Waals surface area contributed by atoms with Gasteiger partial charge >= 0.3 is 0 Å². The van der Waals surface area contributed by atoms with Crippen LogP contribution in [0.3, 0.4) is 0 Å². The highest BCUT2D eigenvalue weighted by Crippen LogP contribution is 2.34. The Kier molecular flexibility index (Phi) is 6.23. The SMILES string of the molecule is O=C(CCSCc1nc2sc3c(c2c(=O)[nH]1)CCC3)NCCc1cccc2cccnc12. The van der Waals surface area contributed by atoms with Gasteiger partial charge in [0.15, 0.2) is 0 Å². The van der Waals surface area contributed by atoms with Gasteiger partial charge in [0.25, 0.3) is 5.56 Å². The highest BCUT2D eigenvalue weighted by atomic mass is 32.2. The van der Waals surface area contributed by atoms with Crippen LogP contribution in [0, 0.1) is 0 Å². The van der Waals surface area contributed by atoms with Gasteiger partial charge in [-0.05, 0) is 42.9 Å². The number of aromatic amines is 1. The van der Waals surface area contributed by atoms with E-state index in [1.807, 2.05) is 24.3 Å². The van der Waals surface area contributed by atoms with Gasteiger partial charge in [-0.2, -0.15) is 11.8 Å². The van der Waals surface area contributed by atoms with Gasteiger partial charge in [0, 0.05) is 35.2 Å². The van der Waals surface area contributed by atoms with Crippen molar-refractivity contribution in [2.45, 2.75) is 37.9 Å². The van der Waals surface area contributed by atoms with E-state index in [9.17, 15) is 9.59 Å². The number of aromatic nitrogens is 3. The molecule has 1 aliphatic rings. The molecule has 4 aromatic rings. The number of rotatable bonds is 8. The average molecular weight is 465 g/mol. The molecule has 2 N–H and O–H groups in total. The predicted octanol–water partition coefficient (Wildman–Crippen LogP) is 4.00. The number of amides is 1. The number of benzene rings is 1. The molecule has 0 radical (unpaired) electrons. The second-order valence-corrected chi connectivity index (χ2v) is 10.1. The van der Waals surface area contributed by atoms with Crippen LogP contribution in [0.1, 0.15) is 34.7 Å². The lowest BCUT2D eigenvalue weighted by Crippen LogP contribution is -2.26. The molecule has 0 bridgehead atoms. The lowest BCUT2D eigenvalue weighted by atomic mass is 10.1. The molecule has 164 valence electrons. The number of fused-ring (bicyclic) bond motifs is 4. The Labute approximate surface area is 193 Å². The minimum Gasteiger partial charge on any atom is -0.356 e. The third-order valence-corrected chi connectivity index (χ3v) is 7.93. The number of nitrogens with one attached hydrogen (secondary N) is 2. The van der Waals surface area contributed by atoms with E-state index in [1.165, 1.54) is 10.4 Å². The van der Waals surface area contributed by atoms with Crippen molar-refractivity contribution in [1.82, 2.24) is 20.3 Å². The van der Waals surface area contributed by atoms with Crippen molar-refractivity contribution in [2.75, 3.05) is 12.3 Å². The maximum Gasteiger partial charge on any atom is 0.259 e. The molecule has 0 aliphatic heterocycles. The first-order valence-electron chi connectivity index (χ1n) is 10.9. The van der Waals surface area contributed by atoms with E-state index in [0.29, 0.717) is 30.3 Å². The zero-order valence-corrected chi connectivity index (χ0v) is 19.3. The number of para-hydroxylation sites is 1. The monoisotopic (exact) mass is 464 g/mol. The van der Waals surface area contributed by atoms with Gasteiger partial charge in [0.2, 0.25) is 5.91 Å². The first kappa shape index (κ1) is 21.2. The van der Waals surface area contributed by atoms with Gasteiger partial charge in [-0.15, -0.1) is 11.3 Å². The summed E-state index contributed by atoms with van der Waals surface area (Å²) < 4.78 is 0. The largest absolute Gasteiger partial charge is 0.356 e. The van der Waals surface area contributed by atoms with E-state index >= 15 is 0 Å². The average Bonchev–Trinajstić information content (AvgIpc) is 3.38. The summed E-state index contributed by atoms with van der Waals surface area (Å²) in [6, 6.07) is 10.1. The van der Waals surface area contributed by atoms with E-state index in [1.54, 1.807) is 29.3 Å². The molecular weight excluding hydrogens is 440 g/mol. The van der Waals surface area contributed by atoms with E-state index in [2.05, 4.69) is 26.3 Å². The summed E-state index contributed by atoms with van der Waals surface area (Å²) in [7, 11) is 0. The fourth-order valence-electron chi connectivity index (χ4n) is 4.24. The second kappa shape index (κ2) is 9.42. The van der Waals surface area contributed by atoms with E-state index in [4.69, 9.17) is 0 Å². The molecule has 0 saturated carbocycles. The first-order chi connectivity index (χ1) is 15.7. The van der Waals surface area contributed by atoms with Crippen molar-refractivity contribution < 1.29 is 4.79 Å². The minimum absolute atomic E-state index is 0.0225. The van der Waals surface area contributed by atoms with Gasteiger partial charge in [0.05, 0.1) is 16.7 Å².